The van der Waals surface area contributed by atoms with Crippen LogP contribution in [0.3, 0.4) is 0 Å². The van der Waals surface area contributed by atoms with Crippen LogP contribution in [0.1, 0.15) is 19.8 Å². The van der Waals surface area contributed by atoms with E-state index in [0.29, 0.717) is 6.54 Å². The molecule has 100 valence electrons. The molecule has 2 N–H and O–H groups in total. The maximum Gasteiger partial charge on any atom is 0.240 e. The third-order valence-electron chi connectivity index (χ3n) is 3.22. The molecule has 1 saturated heterocycles. The number of hydrogen-bond donors (Lipinski definition) is 2. The fourth-order valence-electron chi connectivity index (χ4n) is 2.08. The van der Waals surface area contributed by atoms with E-state index >= 15 is 0 Å². The Balaban J connectivity index is 2.08. The van der Waals surface area contributed by atoms with Crippen molar-refractivity contribution in [2.45, 2.75) is 30.2 Å². The van der Waals surface area contributed by atoms with Crippen molar-refractivity contribution >= 4 is 10.0 Å². The Morgan fingerprint density at radius 1 is 1.50 bits per heavy atom. The van der Waals surface area contributed by atoms with Gasteiger partial charge in [-0.1, -0.05) is 6.07 Å². The average Bonchev–Trinajstić information content (AvgIpc) is 2.75. The van der Waals surface area contributed by atoms with Gasteiger partial charge in [-0.15, -0.1) is 0 Å². The highest BCUT2D eigenvalue weighted by atomic mass is 32.2. The van der Waals surface area contributed by atoms with Gasteiger partial charge in [0.1, 0.15) is 5.82 Å². The maximum absolute atomic E-state index is 13.0. The fraction of sp³-hybridized carbons (Fsp3) is 0.500. The minimum Gasteiger partial charge on any atom is -0.310 e. The van der Waals surface area contributed by atoms with E-state index in [9.17, 15) is 12.8 Å². The first kappa shape index (κ1) is 13.5. The SMILES string of the molecule is CC1(CNS(=O)(=O)c2cccc(F)c2)CCCN1. The quantitative estimate of drug-likeness (QED) is 0.867. The summed E-state index contributed by atoms with van der Waals surface area (Å²) < 4.78 is 39.5. The zero-order valence-corrected chi connectivity index (χ0v) is 11.1. The van der Waals surface area contributed by atoms with Crippen molar-refractivity contribution in [2.75, 3.05) is 13.1 Å². The van der Waals surface area contributed by atoms with E-state index in [1.165, 1.54) is 18.2 Å². The van der Waals surface area contributed by atoms with E-state index < -0.39 is 15.8 Å². The summed E-state index contributed by atoms with van der Waals surface area (Å²) in [4.78, 5) is -0.0379. The highest BCUT2D eigenvalue weighted by Crippen LogP contribution is 2.18. The van der Waals surface area contributed by atoms with Crippen molar-refractivity contribution in [3.05, 3.63) is 30.1 Å². The Labute approximate surface area is 107 Å². The molecule has 1 atom stereocenters. The lowest BCUT2D eigenvalue weighted by Gasteiger charge is -2.24. The first-order valence-electron chi connectivity index (χ1n) is 5.92. The molecule has 0 bridgehead atoms. The number of benzene rings is 1. The molecule has 0 aromatic heterocycles. The molecule has 1 fully saturated rings. The van der Waals surface area contributed by atoms with Gasteiger partial charge < -0.3 is 5.32 Å². The van der Waals surface area contributed by atoms with Gasteiger partial charge in [-0.2, -0.15) is 0 Å². The van der Waals surface area contributed by atoms with Crippen LogP contribution in [0.25, 0.3) is 0 Å². The summed E-state index contributed by atoms with van der Waals surface area (Å²) in [5, 5.41) is 3.27. The smallest absolute Gasteiger partial charge is 0.240 e. The highest BCUT2D eigenvalue weighted by Gasteiger charge is 2.29. The van der Waals surface area contributed by atoms with Gasteiger partial charge in [-0.05, 0) is 44.5 Å². The second-order valence-electron chi connectivity index (χ2n) is 4.87. The molecule has 4 nitrogen and oxygen atoms in total. The Hall–Kier alpha value is -0.980. The summed E-state index contributed by atoms with van der Waals surface area (Å²) in [5.41, 5.74) is -0.208. The van der Waals surface area contributed by atoms with Crippen LogP contribution < -0.4 is 10.0 Å². The average molecular weight is 272 g/mol. The topological polar surface area (TPSA) is 58.2 Å². The minimum atomic E-state index is -3.64. The Kier molecular flexibility index (Phi) is 3.70. The van der Waals surface area contributed by atoms with E-state index in [-0.39, 0.29) is 10.4 Å². The van der Waals surface area contributed by atoms with E-state index in [2.05, 4.69) is 10.0 Å². The molecule has 0 aliphatic carbocycles. The molecule has 0 radical (unpaired) electrons. The van der Waals surface area contributed by atoms with Crippen molar-refractivity contribution in [2.24, 2.45) is 0 Å². The van der Waals surface area contributed by atoms with Crippen molar-refractivity contribution < 1.29 is 12.8 Å². The molecular weight excluding hydrogens is 255 g/mol. The largest absolute Gasteiger partial charge is 0.310 e. The first-order chi connectivity index (χ1) is 8.41. The molecule has 1 aromatic rings. The molecular formula is C12H17FN2O2S. The summed E-state index contributed by atoms with van der Waals surface area (Å²) in [6.45, 7) is 3.19. The molecule has 1 unspecified atom stereocenters. The molecule has 0 amide bonds. The highest BCUT2D eigenvalue weighted by molar-refractivity contribution is 7.89. The maximum atomic E-state index is 13.0. The van der Waals surface area contributed by atoms with Crippen LogP contribution in [0.4, 0.5) is 4.39 Å². The molecule has 18 heavy (non-hydrogen) atoms. The number of hydrogen-bond acceptors (Lipinski definition) is 3. The molecule has 0 spiro atoms. The van der Waals surface area contributed by atoms with E-state index in [4.69, 9.17) is 0 Å². The molecule has 1 heterocycles. The van der Waals surface area contributed by atoms with Gasteiger partial charge in [0, 0.05) is 12.1 Å². The minimum absolute atomic E-state index is 0.0379. The zero-order chi connectivity index (χ0) is 13.2. The molecule has 1 aliphatic rings. The van der Waals surface area contributed by atoms with Crippen molar-refractivity contribution in [1.29, 1.82) is 0 Å². The number of halogens is 1. The van der Waals surface area contributed by atoms with Crippen LogP contribution in [0, 0.1) is 5.82 Å². The lowest BCUT2D eigenvalue weighted by atomic mass is 10.0. The molecule has 6 heteroatoms. The van der Waals surface area contributed by atoms with Gasteiger partial charge >= 0.3 is 0 Å². The van der Waals surface area contributed by atoms with Crippen LogP contribution in [-0.2, 0) is 10.0 Å². The van der Waals surface area contributed by atoms with Crippen molar-refractivity contribution in [3.63, 3.8) is 0 Å². The number of rotatable bonds is 4. The third-order valence-corrected chi connectivity index (χ3v) is 4.61. The van der Waals surface area contributed by atoms with Crippen LogP contribution in [-0.4, -0.2) is 27.0 Å². The first-order valence-corrected chi connectivity index (χ1v) is 7.40. The molecule has 1 aromatic carbocycles. The van der Waals surface area contributed by atoms with Gasteiger partial charge in [-0.3, -0.25) is 0 Å². The zero-order valence-electron chi connectivity index (χ0n) is 10.2. The van der Waals surface area contributed by atoms with Crippen LogP contribution >= 0.6 is 0 Å². The molecule has 2 rings (SSSR count). The van der Waals surface area contributed by atoms with Crippen molar-refractivity contribution in [3.8, 4) is 0 Å². The van der Waals surface area contributed by atoms with Crippen LogP contribution in [0.5, 0.6) is 0 Å². The van der Waals surface area contributed by atoms with Gasteiger partial charge in [0.25, 0.3) is 0 Å². The van der Waals surface area contributed by atoms with Crippen LogP contribution in [0.2, 0.25) is 0 Å². The molecule has 1 aliphatic heterocycles. The Bertz CT molecular complexity index is 525. The summed E-state index contributed by atoms with van der Waals surface area (Å²) in [6, 6.07) is 5.01. The fourth-order valence-corrected chi connectivity index (χ4v) is 3.28. The lowest BCUT2D eigenvalue weighted by Crippen LogP contribution is -2.47. The lowest BCUT2D eigenvalue weighted by molar-refractivity contribution is 0.409. The monoisotopic (exact) mass is 272 g/mol. The summed E-state index contributed by atoms with van der Waals surface area (Å²) >= 11 is 0. The second kappa shape index (κ2) is 4.95. The van der Waals surface area contributed by atoms with Gasteiger partial charge in [0.15, 0.2) is 0 Å². The van der Waals surface area contributed by atoms with Gasteiger partial charge in [0.05, 0.1) is 4.90 Å². The predicted molar refractivity (Wildman–Crippen MR) is 67.2 cm³/mol. The molecule has 0 saturated carbocycles. The summed E-state index contributed by atoms with van der Waals surface area (Å²) in [7, 11) is -3.64. The van der Waals surface area contributed by atoms with Gasteiger partial charge in [-0.25, -0.2) is 17.5 Å². The van der Waals surface area contributed by atoms with E-state index in [1.807, 2.05) is 6.92 Å². The predicted octanol–water partition coefficient (Wildman–Crippen LogP) is 1.25. The van der Waals surface area contributed by atoms with Crippen molar-refractivity contribution in [1.82, 2.24) is 10.0 Å². The Morgan fingerprint density at radius 2 is 2.28 bits per heavy atom. The third kappa shape index (κ3) is 3.07. The second-order valence-corrected chi connectivity index (χ2v) is 6.64. The number of sulfonamides is 1. The van der Waals surface area contributed by atoms with Crippen LogP contribution in [0.15, 0.2) is 29.2 Å². The summed E-state index contributed by atoms with van der Waals surface area (Å²) in [6.07, 6.45) is 1.97. The Morgan fingerprint density at radius 3 is 2.89 bits per heavy atom. The summed E-state index contributed by atoms with van der Waals surface area (Å²) in [5.74, 6) is -0.553. The van der Waals surface area contributed by atoms with E-state index in [1.54, 1.807) is 0 Å². The van der Waals surface area contributed by atoms with Gasteiger partial charge in [0.2, 0.25) is 10.0 Å². The normalized spacial score (nSPS) is 24.3. The van der Waals surface area contributed by atoms with E-state index in [0.717, 1.165) is 25.5 Å². The number of nitrogens with one attached hydrogen (secondary N) is 2. The standard InChI is InChI=1S/C12H17FN2O2S/c1-12(6-3-7-14-12)9-15-18(16,17)11-5-2-4-10(13)8-11/h2,4-5,8,14-15H,3,6-7,9H2,1H3.